The molecule has 3 heterocycles. The van der Waals surface area contributed by atoms with Crippen molar-refractivity contribution in [2.24, 2.45) is 0 Å². The molecule has 0 spiro atoms. The molecule has 14 heteroatoms. The van der Waals surface area contributed by atoms with Crippen LogP contribution in [0.15, 0.2) is 23.0 Å². The third kappa shape index (κ3) is 7.03. The normalized spacial score (nSPS) is 15.8. The highest BCUT2D eigenvalue weighted by atomic mass is 35.5. The second kappa shape index (κ2) is 12.1. The van der Waals surface area contributed by atoms with Crippen LogP contribution in [0.5, 0.6) is 0 Å². The summed E-state index contributed by atoms with van der Waals surface area (Å²) in [7, 11) is 0. The molecule has 0 atom stereocenters. The van der Waals surface area contributed by atoms with Crippen LogP contribution in [0, 0.1) is 6.92 Å². The molecule has 242 valence electrons. The third-order valence-electron chi connectivity index (χ3n) is 7.79. The van der Waals surface area contributed by atoms with Gasteiger partial charge in [-0.3, -0.25) is 9.59 Å². The van der Waals surface area contributed by atoms with E-state index < -0.39 is 29.3 Å². The van der Waals surface area contributed by atoms with Gasteiger partial charge in [0.2, 0.25) is 11.3 Å². The molecule has 1 aliphatic heterocycles. The van der Waals surface area contributed by atoms with Crippen molar-refractivity contribution in [2.75, 3.05) is 36.4 Å². The molecule has 2 aliphatic rings. The summed E-state index contributed by atoms with van der Waals surface area (Å²) in [5.74, 6) is -0.339. The van der Waals surface area contributed by atoms with E-state index in [0.717, 1.165) is 36.7 Å². The molecule has 1 saturated heterocycles. The predicted octanol–water partition coefficient (Wildman–Crippen LogP) is 5.91. The van der Waals surface area contributed by atoms with Gasteiger partial charge in [0.15, 0.2) is 11.2 Å². The van der Waals surface area contributed by atoms with Gasteiger partial charge < -0.3 is 24.4 Å². The fourth-order valence-electron chi connectivity index (χ4n) is 5.52. The van der Waals surface area contributed by atoms with E-state index in [9.17, 15) is 27.6 Å². The number of benzene rings is 1. The number of carbonyl (C=O) groups excluding carboxylic acids is 2. The van der Waals surface area contributed by atoms with Crippen LogP contribution in [0.4, 0.5) is 29.3 Å². The van der Waals surface area contributed by atoms with E-state index in [1.54, 1.807) is 30.2 Å². The molecular formula is C31H36ClF3N6O4. The first-order chi connectivity index (χ1) is 21.1. The quantitative estimate of drug-likeness (QED) is 0.354. The lowest BCUT2D eigenvalue weighted by atomic mass is 10.1. The summed E-state index contributed by atoms with van der Waals surface area (Å²) in [5, 5.41) is 2.34. The summed E-state index contributed by atoms with van der Waals surface area (Å²) in [6.45, 7) is 10.2. The number of rotatable bonds is 6. The fraction of sp³-hybridized carbons (Fsp3) is 0.516. The molecule has 45 heavy (non-hydrogen) atoms. The van der Waals surface area contributed by atoms with Crippen molar-refractivity contribution in [3.8, 4) is 0 Å². The number of aromatic nitrogens is 3. The molecule has 1 aromatic carbocycles. The van der Waals surface area contributed by atoms with Crippen molar-refractivity contribution in [1.82, 2.24) is 19.4 Å². The number of carbonyl (C=O) groups is 2. The molecule has 3 aromatic rings. The smallest absolute Gasteiger partial charge is 0.416 e. The van der Waals surface area contributed by atoms with Crippen molar-refractivity contribution in [3.63, 3.8) is 0 Å². The first-order valence-corrected chi connectivity index (χ1v) is 15.3. The third-order valence-corrected chi connectivity index (χ3v) is 8.10. The van der Waals surface area contributed by atoms with Gasteiger partial charge >= 0.3 is 12.3 Å². The number of anilines is 2. The monoisotopic (exact) mass is 648 g/mol. The van der Waals surface area contributed by atoms with Crippen molar-refractivity contribution in [3.05, 3.63) is 56.1 Å². The van der Waals surface area contributed by atoms with Crippen molar-refractivity contribution >= 4 is 46.1 Å². The maximum Gasteiger partial charge on any atom is 0.416 e. The van der Waals surface area contributed by atoms with Gasteiger partial charge in [0.1, 0.15) is 17.8 Å². The Morgan fingerprint density at radius 1 is 1.09 bits per heavy atom. The minimum atomic E-state index is -4.58. The van der Waals surface area contributed by atoms with Crippen molar-refractivity contribution < 1.29 is 27.5 Å². The van der Waals surface area contributed by atoms with Gasteiger partial charge in [-0.2, -0.15) is 13.2 Å². The highest BCUT2D eigenvalue weighted by Crippen LogP contribution is 2.40. The maximum absolute atomic E-state index is 14.1. The second-order valence-electron chi connectivity index (χ2n) is 12.4. The molecule has 2 fully saturated rings. The summed E-state index contributed by atoms with van der Waals surface area (Å²) in [4.78, 5) is 53.2. The number of alkyl halides is 3. The van der Waals surface area contributed by atoms with E-state index in [1.807, 2.05) is 18.7 Å². The maximum atomic E-state index is 14.1. The van der Waals surface area contributed by atoms with Gasteiger partial charge in [0, 0.05) is 37.8 Å². The summed E-state index contributed by atoms with van der Waals surface area (Å²) in [6, 6.07) is 2.71. The van der Waals surface area contributed by atoms with Gasteiger partial charge in [-0.05, 0) is 65.2 Å². The van der Waals surface area contributed by atoms with Gasteiger partial charge in [-0.15, -0.1) is 0 Å². The molecule has 1 saturated carbocycles. The zero-order valence-corrected chi connectivity index (χ0v) is 26.6. The van der Waals surface area contributed by atoms with E-state index in [2.05, 4.69) is 5.32 Å². The van der Waals surface area contributed by atoms with Gasteiger partial charge in [0.05, 0.1) is 27.7 Å². The Labute approximate surface area is 263 Å². The first-order valence-electron chi connectivity index (χ1n) is 14.9. The molecule has 5 rings (SSSR count). The van der Waals surface area contributed by atoms with Crippen molar-refractivity contribution in [1.29, 1.82) is 0 Å². The van der Waals surface area contributed by atoms with Crippen LogP contribution in [-0.2, 0) is 28.7 Å². The summed E-state index contributed by atoms with van der Waals surface area (Å²) < 4.78 is 46.6. The SMILES string of the molecule is CCc1c(N2CCN(C(=O)OC(C)(C)C)CC2)c(=O)c2nc(C3CC3)c(C)nc2n1CC(=O)Nc1ccc(C(F)(F)F)cc1Cl. The van der Waals surface area contributed by atoms with Gasteiger partial charge in [-0.25, -0.2) is 14.8 Å². The summed E-state index contributed by atoms with van der Waals surface area (Å²) in [5.41, 5.74) is 0.916. The number of pyridine rings is 1. The number of nitrogens with zero attached hydrogens (tertiary/aromatic N) is 5. The van der Waals surface area contributed by atoms with E-state index in [-0.39, 0.29) is 39.8 Å². The van der Waals surface area contributed by atoms with Crippen LogP contribution in [0.1, 0.15) is 69.1 Å². The van der Waals surface area contributed by atoms with E-state index in [0.29, 0.717) is 49.7 Å². The number of fused-ring (bicyclic) bond motifs is 1. The Balaban J connectivity index is 1.52. The van der Waals surface area contributed by atoms with Crippen LogP contribution < -0.4 is 15.6 Å². The fourth-order valence-corrected chi connectivity index (χ4v) is 5.75. The number of ether oxygens (including phenoxy) is 1. The Hall–Kier alpha value is -3.87. The Kier molecular flexibility index (Phi) is 8.78. The number of hydrogen-bond acceptors (Lipinski definition) is 7. The number of piperazine rings is 1. The Morgan fingerprint density at radius 3 is 2.31 bits per heavy atom. The average molecular weight is 649 g/mol. The number of aryl methyl sites for hydroxylation is 1. The molecule has 1 aliphatic carbocycles. The van der Waals surface area contributed by atoms with Gasteiger partial charge in [0.25, 0.3) is 0 Å². The van der Waals surface area contributed by atoms with Crippen LogP contribution in [0.3, 0.4) is 0 Å². The minimum Gasteiger partial charge on any atom is -0.444 e. The molecular weight excluding hydrogens is 613 g/mol. The molecule has 0 unspecified atom stereocenters. The highest BCUT2D eigenvalue weighted by Gasteiger charge is 2.33. The topological polar surface area (TPSA) is 110 Å². The van der Waals surface area contributed by atoms with Crippen LogP contribution >= 0.6 is 11.6 Å². The molecule has 0 radical (unpaired) electrons. The number of hydrogen-bond donors (Lipinski definition) is 1. The van der Waals surface area contributed by atoms with E-state index >= 15 is 0 Å². The molecule has 2 amide bonds. The zero-order valence-electron chi connectivity index (χ0n) is 25.8. The van der Waals surface area contributed by atoms with E-state index in [1.165, 1.54) is 0 Å². The zero-order chi connectivity index (χ0) is 32.8. The van der Waals surface area contributed by atoms with Crippen LogP contribution in [0.25, 0.3) is 11.2 Å². The van der Waals surface area contributed by atoms with Gasteiger partial charge in [-0.1, -0.05) is 18.5 Å². The molecule has 0 bridgehead atoms. The summed E-state index contributed by atoms with van der Waals surface area (Å²) >= 11 is 6.10. The largest absolute Gasteiger partial charge is 0.444 e. The predicted molar refractivity (Wildman–Crippen MR) is 165 cm³/mol. The Morgan fingerprint density at radius 2 is 1.76 bits per heavy atom. The number of nitrogens with one attached hydrogen (secondary N) is 1. The van der Waals surface area contributed by atoms with Crippen LogP contribution in [0.2, 0.25) is 5.02 Å². The Bertz CT molecular complexity index is 1710. The minimum absolute atomic E-state index is 0.0230. The number of halogens is 4. The molecule has 1 N–H and O–H groups in total. The lowest BCUT2D eigenvalue weighted by Gasteiger charge is -2.37. The number of amides is 2. The second-order valence-corrected chi connectivity index (χ2v) is 12.8. The lowest BCUT2D eigenvalue weighted by molar-refractivity contribution is -0.137. The standard InChI is InChI=1S/C31H36ClF3N6O4/c1-6-22-26(39-11-13-40(14-12-39)29(44)45-30(3,4)5)27(43)25-28(36-17(2)24(38-25)18-7-8-18)41(22)16-23(42)37-21-10-9-19(15-20(21)32)31(33,34)35/h9-10,15,18H,6-8,11-14,16H2,1-5H3,(H,37,42). The van der Waals surface area contributed by atoms with Crippen molar-refractivity contribution in [2.45, 2.75) is 78.1 Å². The average Bonchev–Trinajstić information content (AvgIpc) is 3.79. The van der Waals surface area contributed by atoms with E-state index in [4.69, 9.17) is 26.3 Å². The molecule has 10 nitrogen and oxygen atoms in total. The molecule has 2 aromatic heterocycles. The highest BCUT2D eigenvalue weighted by molar-refractivity contribution is 6.33. The summed E-state index contributed by atoms with van der Waals surface area (Å²) in [6.07, 6.45) is -2.73. The lowest BCUT2D eigenvalue weighted by Crippen LogP contribution is -2.51. The first kappa shape index (κ1) is 32.5. The van der Waals surface area contributed by atoms with Crippen LogP contribution in [-0.4, -0.2) is 63.2 Å².